The molecule has 2 fully saturated rings. The van der Waals surface area contributed by atoms with Gasteiger partial charge in [0.1, 0.15) is 0 Å². The SMILES string of the molecule is O=[PH](OC1CCCCC1)OC1CCCCC1. The fraction of sp³-hybridized carbons (Fsp3) is 1.00. The van der Waals surface area contributed by atoms with E-state index in [9.17, 15) is 4.57 Å². The van der Waals surface area contributed by atoms with Gasteiger partial charge in [-0.05, 0) is 25.7 Å². The molecule has 0 unspecified atom stereocenters. The van der Waals surface area contributed by atoms with Crippen molar-refractivity contribution in [3.8, 4) is 0 Å². The molecule has 3 nitrogen and oxygen atoms in total. The molecule has 0 heterocycles. The molecule has 2 aliphatic rings. The van der Waals surface area contributed by atoms with Gasteiger partial charge in [0.25, 0.3) is 0 Å². The molecule has 2 rings (SSSR count). The third-order valence-electron chi connectivity index (χ3n) is 3.63. The van der Waals surface area contributed by atoms with E-state index in [1.165, 1.54) is 38.5 Å². The quantitative estimate of drug-likeness (QED) is 0.701. The molecule has 0 saturated heterocycles. The Morgan fingerprint density at radius 1 is 0.688 bits per heavy atom. The largest absolute Gasteiger partial charge is 0.319 e. The van der Waals surface area contributed by atoms with Crippen LogP contribution in [0, 0.1) is 0 Å². The van der Waals surface area contributed by atoms with Crippen molar-refractivity contribution in [3.63, 3.8) is 0 Å². The molecule has 0 atom stereocenters. The molecule has 0 aliphatic heterocycles. The Balaban J connectivity index is 1.66. The predicted molar refractivity (Wildman–Crippen MR) is 64.9 cm³/mol. The third-order valence-corrected chi connectivity index (χ3v) is 4.68. The summed E-state index contributed by atoms with van der Waals surface area (Å²) >= 11 is 0. The van der Waals surface area contributed by atoms with Gasteiger partial charge in [-0.2, -0.15) is 0 Å². The van der Waals surface area contributed by atoms with Crippen LogP contribution in [0.15, 0.2) is 0 Å². The molecule has 2 aliphatic carbocycles. The standard InChI is InChI=1S/C12H23O3P/c13-16(14-11-7-3-1-4-8-11)15-12-9-5-2-6-10-12/h11-12,16H,1-10H2. The van der Waals surface area contributed by atoms with Gasteiger partial charge in [0.05, 0.1) is 12.2 Å². The lowest BCUT2D eigenvalue weighted by atomic mass is 9.98. The van der Waals surface area contributed by atoms with E-state index >= 15 is 0 Å². The lowest BCUT2D eigenvalue weighted by Gasteiger charge is -2.25. The highest BCUT2D eigenvalue weighted by Crippen LogP contribution is 2.36. The van der Waals surface area contributed by atoms with E-state index in [0.29, 0.717) is 0 Å². The summed E-state index contributed by atoms with van der Waals surface area (Å²) < 4.78 is 22.8. The minimum atomic E-state index is -2.24. The first kappa shape index (κ1) is 12.6. The van der Waals surface area contributed by atoms with E-state index in [1.54, 1.807) is 0 Å². The highest BCUT2D eigenvalue weighted by atomic mass is 31.1. The van der Waals surface area contributed by atoms with Crippen molar-refractivity contribution in [3.05, 3.63) is 0 Å². The Kier molecular flexibility index (Phi) is 5.34. The maximum absolute atomic E-state index is 11.7. The van der Waals surface area contributed by atoms with E-state index in [1.807, 2.05) is 0 Å². The summed E-state index contributed by atoms with van der Waals surface area (Å²) in [5.74, 6) is 0. The lowest BCUT2D eigenvalue weighted by Crippen LogP contribution is -2.16. The number of hydrogen-bond acceptors (Lipinski definition) is 3. The van der Waals surface area contributed by atoms with Gasteiger partial charge in [-0.15, -0.1) is 0 Å². The first-order valence-electron chi connectivity index (χ1n) is 6.72. The topological polar surface area (TPSA) is 35.5 Å². The average Bonchev–Trinajstić information content (AvgIpc) is 2.31. The van der Waals surface area contributed by atoms with Gasteiger partial charge in [0.2, 0.25) is 0 Å². The monoisotopic (exact) mass is 246 g/mol. The molecule has 0 bridgehead atoms. The fourth-order valence-corrected chi connectivity index (χ4v) is 3.74. The van der Waals surface area contributed by atoms with Gasteiger partial charge < -0.3 is 9.05 Å². The Morgan fingerprint density at radius 2 is 1.06 bits per heavy atom. The highest BCUT2D eigenvalue weighted by Gasteiger charge is 2.20. The fourth-order valence-electron chi connectivity index (χ4n) is 2.67. The molecule has 0 aromatic heterocycles. The Bertz CT molecular complexity index is 198. The van der Waals surface area contributed by atoms with Crippen molar-refractivity contribution in [2.24, 2.45) is 0 Å². The Hall–Kier alpha value is 0.150. The van der Waals surface area contributed by atoms with Crippen molar-refractivity contribution in [1.82, 2.24) is 0 Å². The van der Waals surface area contributed by atoms with Crippen LogP contribution in [0.5, 0.6) is 0 Å². The normalized spacial score (nSPS) is 25.1. The summed E-state index contributed by atoms with van der Waals surface area (Å²) in [7, 11) is -2.24. The second-order valence-corrected chi connectivity index (χ2v) is 5.98. The Labute approximate surface area is 98.8 Å². The van der Waals surface area contributed by atoms with Crippen molar-refractivity contribution < 1.29 is 13.6 Å². The van der Waals surface area contributed by atoms with E-state index in [2.05, 4.69) is 0 Å². The van der Waals surface area contributed by atoms with Crippen molar-refractivity contribution in [2.75, 3.05) is 0 Å². The van der Waals surface area contributed by atoms with Crippen LogP contribution in [-0.2, 0) is 13.6 Å². The van der Waals surface area contributed by atoms with E-state index < -0.39 is 8.25 Å². The first-order chi connectivity index (χ1) is 7.84. The van der Waals surface area contributed by atoms with E-state index in [-0.39, 0.29) is 12.2 Å². The van der Waals surface area contributed by atoms with Gasteiger partial charge >= 0.3 is 8.25 Å². The van der Waals surface area contributed by atoms with Crippen LogP contribution >= 0.6 is 8.25 Å². The second-order valence-electron chi connectivity index (χ2n) is 5.01. The van der Waals surface area contributed by atoms with Crippen LogP contribution in [0.1, 0.15) is 64.2 Å². The molecule has 0 amide bonds. The summed E-state index contributed by atoms with van der Waals surface area (Å²) in [6, 6.07) is 0. The molecule has 0 aromatic rings. The summed E-state index contributed by atoms with van der Waals surface area (Å²) in [6.45, 7) is 0. The number of rotatable bonds is 4. The molecule has 0 aromatic carbocycles. The molecule has 94 valence electrons. The van der Waals surface area contributed by atoms with Gasteiger partial charge in [-0.1, -0.05) is 38.5 Å². The van der Waals surface area contributed by atoms with Crippen LogP contribution in [0.3, 0.4) is 0 Å². The van der Waals surface area contributed by atoms with Crippen molar-refractivity contribution in [1.29, 1.82) is 0 Å². The molecule has 0 spiro atoms. The van der Waals surface area contributed by atoms with Crippen LogP contribution in [0.4, 0.5) is 0 Å². The first-order valence-corrected chi connectivity index (χ1v) is 7.94. The highest BCUT2D eigenvalue weighted by molar-refractivity contribution is 7.33. The zero-order chi connectivity index (χ0) is 11.2. The second kappa shape index (κ2) is 6.78. The Morgan fingerprint density at radius 3 is 1.44 bits per heavy atom. The molecule has 4 heteroatoms. The molecule has 0 N–H and O–H groups in total. The van der Waals surface area contributed by atoms with Gasteiger partial charge in [0.15, 0.2) is 0 Å². The molecule has 16 heavy (non-hydrogen) atoms. The van der Waals surface area contributed by atoms with Crippen LogP contribution in [-0.4, -0.2) is 12.2 Å². The van der Waals surface area contributed by atoms with Crippen LogP contribution in [0.2, 0.25) is 0 Å². The van der Waals surface area contributed by atoms with Crippen LogP contribution < -0.4 is 0 Å². The van der Waals surface area contributed by atoms with Gasteiger partial charge in [-0.3, -0.25) is 4.57 Å². The molecule has 2 saturated carbocycles. The third kappa shape index (κ3) is 4.20. The van der Waals surface area contributed by atoms with E-state index in [4.69, 9.17) is 9.05 Å². The molecular formula is C12H23O3P. The summed E-state index contributed by atoms with van der Waals surface area (Å²) in [6.07, 6.45) is 12.1. The zero-order valence-corrected chi connectivity index (χ0v) is 11.0. The lowest BCUT2D eigenvalue weighted by molar-refractivity contribution is 0.0929. The summed E-state index contributed by atoms with van der Waals surface area (Å²) in [5.41, 5.74) is 0. The maximum Gasteiger partial charge on any atom is 0.319 e. The summed E-state index contributed by atoms with van der Waals surface area (Å²) in [5, 5.41) is 0. The number of hydrogen-bond donors (Lipinski definition) is 0. The molecular weight excluding hydrogens is 223 g/mol. The van der Waals surface area contributed by atoms with Crippen molar-refractivity contribution in [2.45, 2.75) is 76.4 Å². The van der Waals surface area contributed by atoms with Crippen LogP contribution in [0.25, 0.3) is 0 Å². The van der Waals surface area contributed by atoms with Gasteiger partial charge in [-0.25, -0.2) is 0 Å². The summed E-state index contributed by atoms with van der Waals surface area (Å²) in [4.78, 5) is 0. The smallest absolute Gasteiger partial charge is 0.307 e. The van der Waals surface area contributed by atoms with E-state index in [0.717, 1.165) is 25.7 Å². The average molecular weight is 246 g/mol. The predicted octanol–water partition coefficient (Wildman–Crippen LogP) is 4.07. The minimum absolute atomic E-state index is 0.198. The minimum Gasteiger partial charge on any atom is -0.307 e. The zero-order valence-electron chi connectivity index (χ0n) is 9.95. The maximum atomic E-state index is 11.7. The molecule has 0 radical (unpaired) electrons. The van der Waals surface area contributed by atoms with Crippen molar-refractivity contribution >= 4 is 8.25 Å². The van der Waals surface area contributed by atoms with Gasteiger partial charge in [0, 0.05) is 0 Å².